The van der Waals surface area contributed by atoms with Crippen LogP contribution in [0.4, 0.5) is 0 Å². The molecule has 0 aliphatic heterocycles. The maximum Gasteiger partial charge on any atom is 0.161 e. The third kappa shape index (κ3) is 1.87. The van der Waals surface area contributed by atoms with Crippen LogP contribution in [0.25, 0.3) is 0 Å². The highest BCUT2D eigenvalue weighted by atomic mass is 79.9. The topological polar surface area (TPSA) is 17.1 Å². The second-order valence-electron chi connectivity index (χ2n) is 2.46. The number of rotatable bonds is 2. The van der Waals surface area contributed by atoms with Gasteiger partial charge in [0.2, 0.25) is 0 Å². The lowest BCUT2D eigenvalue weighted by Crippen LogP contribution is -1.98. The van der Waals surface area contributed by atoms with E-state index in [1.807, 2.05) is 12.1 Å². The van der Waals surface area contributed by atoms with Crippen molar-refractivity contribution < 1.29 is 4.79 Å². The molecule has 64 valence electrons. The largest absolute Gasteiger partial charge is 0.294 e. The van der Waals surface area contributed by atoms with Gasteiger partial charge in [-0.15, -0.1) is 0 Å². The molecule has 0 saturated heterocycles. The minimum absolute atomic E-state index is 0.00931. The van der Waals surface area contributed by atoms with E-state index in [0.717, 1.165) is 5.56 Å². The van der Waals surface area contributed by atoms with Crippen LogP contribution in [0.5, 0.6) is 0 Å². The van der Waals surface area contributed by atoms with Gasteiger partial charge in [0.05, 0.1) is 5.02 Å². The molecule has 0 aromatic heterocycles. The van der Waals surface area contributed by atoms with Crippen molar-refractivity contribution in [2.24, 2.45) is 0 Å². The maximum absolute atomic E-state index is 11.1. The predicted octanol–water partition coefficient (Wildman–Crippen LogP) is 3.44. The monoisotopic (exact) mass is 246 g/mol. The second-order valence-corrected chi connectivity index (χ2v) is 3.43. The zero-order valence-electron chi connectivity index (χ0n) is 6.60. The highest BCUT2D eigenvalue weighted by Crippen LogP contribution is 2.22. The molecule has 1 rings (SSSR count). The van der Waals surface area contributed by atoms with Gasteiger partial charge in [-0.25, -0.2) is 0 Å². The number of benzene rings is 1. The standard InChI is InChI=1S/C9H8BrClO/c1-6(12)9-7(5-10)3-2-4-8(9)11/h2-4H,5H2,1H3. The van der Waals surface area contributed by atoms with Gasteiger partial charge in [-0.1, -0.05) is 39.7 Å². The Morgan fingerprint density at radius 3 is 2.67 bits per heavy atom. The van der Waals surface area contributed by atoms with E-state index in [0.29, 0.717) is 15.9 Å². The van der Waals surface area contributed by atoms with Crippen molar-refractivity contribution in [1.82, 2.24) is 0 Å². The number of ketones is 1. The van der Waals surface area contributed by atoms with E-state index in [4.69, 9.17) is 11.6 Å². The first-order chi connectivity index (χ1) is 5.66. The number of carbonyl (C=O) groups excluding carboxylic acids is 1. The van der Waals surface area contributed by atoms with Crippen molar-refractivity contribution in [2.75, 3.05) is 0 Å². The number of hydrogen-bond acceptors (Lipinski definition) is 1. The number of Topliss-reactive ketones (excluding diaryl/α,β-unsaturated/α-hetero) is 1. The van der Waals surface area contributed by atoms with Crippen molar-refractivity contribution in [2.45, 2.75) is 12.3 Å². The first-order valence-electron chi connectivity index (χ1n) is 3.51. The molecular formula is C9H8BrClO. The fourth-order valence-electron chi connectivity index (χ4n) is 1.07. The highest BCUT2D eigenvalue weighted by molar-refractivity contribution is 9.08. The Hall–Kier alpha value is -0.340. The molecule has 0 radical (unpaired) electrons. The smallest absolute Gasteiger partial charge is 0.161 e. The Labute approximate surface area is 84.9 Å². The van der Waals surface area contributed by atoms with Gasteiger partial charge in [0.25, 0.3) is 0 Å². The van der Waals surface area contributed by atoms with Gasteiger partial charge < -0.3 is 0 Å². The lowest BCUT2D eigenvalue weighted by atomic mass is 10.1. The Kier molecular flexibility index (Phi) is 3.29. The predicted molar refractivity (Wildman–Crippen MR) is 54.1 cm³/mol. The van der Waals surface area contributed by atoms with Crippen LogP contribution < -0.4 is 0 Å². The number of alkyl halides is 1. The van der Waals surface area contributed by atoms with Crippen molar-refractivity contribution >= 4 is 33.3 Å². The van der Waals surface area contributed by atoms with Crippen LogP contribution in [0.2, 0.25) is 5.02 Å². The van der Waals surface area contributed by atoms with E-state index in [-0.39, 0.29) is 5.78 Å². The summed E-state index contributed by atoms with van der Waals surface area (Å²) in [5.41, 5.74) is 1.56. The summed E-state index contributed by atoms with van der Waals surface area (Å²) in [5.74, 6) is 0.00931. The molecule has 1 nitrogen and oxygen atoms in total. The molecule has 0 aliphatic rings. The molecular weight excluding hydrogens is 239 g/mol. The molecule has 0 atom stereocenters. The summed E-state index contributed by atoms with van der Waals surface area (Å²) in [6, 6.07) is 5.45. The SMILES string of the molecule is CC(=O)c1c(Cl)cccc1CBr. The summed E-state index contributed by atoms with van der Waals surface area (Å²) in [6.07, 6.45) is 0. The number of hydrogen-bond donors (Lipinski definition) is 0. The molecule has 1 aromatic rings. The molecule has 0 amide bonds. The summed E-state index contributed by atoms with van der Waals surface area (Å²) in [7, 11) is 0. The van der Waals surface area contributed by atoms with E-state index < -0.39 is 0 Å². The van der Waals surface area contributed by atoms with E-state index in [1.165, 1.54) is 6.92 Å². The zero-order valence-corrected chi connectivity index (χ0v) is 8.95. The lowest BCUT2D eigenvalue weighted by Gasteiger charge is -2.04. The van der Waals surface area contributed by atoms with Crippen LogP contribution in [-0.4, -0.2) is 5.78 Å². The average Bonchev–Trinajstić information content (AvgIpc) is 2.03. The van der Waals surface area contributed by atoms with E-state index in [9.17, 15) is 4.79 Å². The van der Waals surface area contributed by atoms with E-state index in [2.05, 4.69) is 15.9 Å². The van der Waals surface area contributed by atoms with Gasteiger partial charge in [-0.05, 0) is 18.6 Å². The van der Waals surface area contributed by atoms with Crippen LogP contribution in [0.1, 0.15) is 22.8 Å². The Balaban J connectivity index is 3.29. The minimum atomic E-state index is 0.00931. The summed E-state index contributed by atoms with van der Waals surface area (Å²) in [4.78, 5) is 11.1. The summed E-state index contributed by atoms with van der Waals surface area (Å²) < 4.78 is 0. The van der Waals surface area contributed by atoms with Crippen LogP contribution in [0.15, 0.2) is 18.2 Å². The van der Waals surface area contributed by atoms with Gasteiger partial charge >= 0.3 is 0 Å². The molecule has 3 heteroatoms. The molecule has 0 spiro atoms. The maximum atomic E-state index is 11.1. The molecule has 0 bridgehead atoms. The summed E-state index contributed by atoms with van der Waals surface area (Å²) in [6.45, 7) is 1.52. The van der Waals surface area contributed by atoms with Crippen LogP contribution in [0, 0.1) is 0 Å². The van der Waals surface area contributed by atoms with Crippen molar-refractivity contribution in [1.29, 1.82) is 0 Å². The quantitative estimate of drug-likeness (QED) is 0.578. The Morgan fingerprint density at radius 1 is 1.58 bits per heavy atom. The average molecular weight is 248 g/mol. The summed E-state index contributed by atoms with van der Waals surface area (Å²) >= 11 is 9.16. The van der Waals surface area contributed by atoms with Crippen LogP contribution in [0.3, 0.4) is 0 Å². The first kappa shape index (κ1) is 9.75. The van der Waals surface area contributed by atoms with Crippen molar-refractivity contribution in [3.63, 3.8) is 0 Å². The second kappa shape index (κ2) is 4.06. The minimum Gasteiger partial charge on any atom is -0.294 e. The highest BCUT2D eigenvalue weighted by Gasteiger charge is 2.09. The molecule has 1 aromatic carbocycles. The molecule has 0 unspecified atom stereocenters. The Bertz CT molecular complexity index is 309. The van der Waals surface area contributed by atoms with Crippen molar-refractivity contribution in [3.05, 3.63) is 34.3 Å². The molecule has 0 fully saturated rings. The molecule has 0 aliphatic carbocycles. The van der Waals surface area contributed by atoms with E-state index >= 15 is 0 Å². The fraction of sp³-hybridized carbons (Fsp3) is 0.222. The number of carbonyl (C=O) groups is 1. The van der Waals surface area contributed by atoms with Crippen LogP contribution >= 0.6 is 27.5 Å². The third-order valence-corrected chi connectivity index (χ3v) is 2.52. The zero-order chi connectivity index (χ0) is 9.14. The molecule has 0 N–H and O–H groups in total. The van der Waals surface area contributed by atoms with Gasteiger partial charge in [0.1, 0.15) is 0 Å². The normalized spacial score (nSPS) is 9.92. The fourth-order valence-corrected chi connectivity index (χ4v) is 1.87. The lowest BCUT2D eigenvalue weighted by molar-refractivity contribution is 0.101. The van der Waals surface area contributed by atoms with Gasteiger partial charge in [0, 0.05) is 10.9 Å². The molecule has 0 heterocycles. The number of halogens is 2. The Morgan fingerprint density at radius 2 is 2.25 bits per heavy atom. The third-order valence-electron chi connectivity index (χ3n) is 1.60. The molecule has 0 saturated carbocycles. The van der Waals surface area contributed by atoms with Crippen LogP contribution in [-0.2, 0) is 5.33 Å². The first-order valence-corrected chi connectivity index (χ1v) is 5.01. The molecule has 12 heavy (non-hydrogen) atoms. The summed E-state index contributed by atoms with van der Waals surface area (Å²) in [5, 5.41) is 1.18. The van der Waals surface area contributed by atoms with Gasteiger partial charge in [0.15, 0.2) is 5.78 Å². The van der Waals surface area contributed by atoms with E-state index in [1.54, 1.807) is 6.07 Å². The van der Waals surface area contributed by atoms with Gasteiger partial charge in [-0.3, -0.25) is 4.79 Å². The van der Waals surface area contributed by atoms with Gasteiger partial charge in [-0.2, -0.15) is 0 Å². The van der Waals surface area contributed by atoms with Crippen molar-refractivity contribution in [3.8, 4) is 0 Å².